The van der Waals surface area contributed by atoms with Crippen molar-refractivity contribution in [1.29, 1.82) is 0 Å². The van der Waals surface area contributed by atoms with E-state index in [-0.39, 0.29) is 12.5 Å². The summed E-state index contributed by atoms with van der Waals surface area (Å²) in [5.41, 5.74) is 1.28. The van der Waals surface area contributed by atoms with Gasteiger partial charge in [-0.05, 0) is 43.5 Å². The fraction of sp³-hybridized carbons (Fsp3) is 0.417. The van der Waals surface area contributed by atoms with E-state index in [9.17, 15) is 14.7 Å². The molecule has 0 aromatic heterocycles. The lowest BCUT2D eigenvalue weighted by Gasteiger charge is -2.31. The molecule has 7 heteroatoms. The summed E-state index contributed by atoms with van der Waals surface area (Å²) < 4.78 is 17.0. The Morgan fingerprint density at radius 2 is 2.03 bits per heavy atom. The van der Waals surface area contributed by atoms with E-state index in [0.29, 0.717) is 36.5 Å². The highest BCUT2D eigenvalue weighted by Crippen LogP contribution is 2.42. The maximum atomic E-state index is 12.9. The highest BCUT2D eigenvalue weighted by atomic mass is 16.5. The normalized spacial score (nSPS) is 24.1. The molecule has 2 aromatic rings. The van der Waals surface area contributed by atoms with Crippen LogP contribution in [0.1, 0.15) is 40.7 Å². The number of nitrogens with one attached hydrogen (secondary N) is 1. The number of carboxylic acid groups (broad SMARTS) is 1. The Kier molecular flexibility index (Phi) is 5.87. The SMILES string of the molecule is COc1ccc(C(=O)N[C@]2(C(=O)O)C[C@H]3CC[C@@H]2O3)cc1OCCc1cccc(C)c1. The van der Waals surface area contributed by atoms with Crippen molar-refractivity contribution in [2.24, 2.45) is 0 Å². The summed E-state index contributed by atoms with van der Waals surface area (Å²) in [4.78, 5) is 25.0. The first-order chi connectivity index (χ1) is 14.9. The minimum Gasteiger partial charge on any atom is -0.493 e. The molecule has 2 aromatic carbocycles. The van der Waals surface area contributed by atoms with Crippen molar-refractivity contribution in [2.45, 2.75) is 50.4 Å². The number of hydrogen-bond donors (Lipinski definition) is 2. The molecule has 2 saturated heterocycles. The van der Waals surface area contributed by atoms with Crippen LogP contribution in [0, 0.1) is 6.92 Å². The van der Waals surface area contributed by atoms with E-state index >= 15 is 0 Å². The van der Waals surface area contributed by atoms with Gasteiger partial charge in [-0.3, -0.25) is 4.79 Å². The summed E-state index contributed by atoms with van der Waals surface area (Å²) in [6, 6.07) is 13.0. The molecule has 31 heavy (non-hydrogen) atoms. The third kappa shape index (κ3) is 4.23. The van der Waals surface area contributed by atoms with Crippen molar-refractivity contribution < 1.29 is 28.9 Å². The van der Waals surface area contributed by atoms with Crippen LogP contribution in [0.25, 0.3) is 0 Å². The fourth-order valence-corrected chi connectivity index (χ4v) is 4.47. The number of fused-ring (bicyclic) bond motifs is 2. The number of carboxylic acids is 1. The van der Waals surface area contributed by atoms with Gasteiger partial charge in [-0.15, -0.1) is 0 Å². The molecule has 2 N–H and O–H groups in total. The summed E-state index contributed by atoms with van der Waals surface area (Å²) >= 11 is 0. The molecule has 2 fully saturated rings. The number of rotatable bonds is 8. The number of benzene rings is 2. The van der Waals surface area contributed by atoms with E-state index in [2.05, 4.69) is 11.4 Å². The Morgan fingerprint density at radius 3 is 2.68 bits per heavy atom. The van der Waals surface area contributed by atoms with E-state index in [1.807, 2.05) is 25.1 Å². The lowest BCUT2D eigenvalue weighted by Crippen LogP contribution is -2.60. The first-order valence-electron chi connectivity index (χ1n) is 10.5. The molecule has 3 atom stereocenters. The van der Waals surface area contributed by atoms with Gasteiger partial charge in [0.05, 0.1) is 25.9 Å². The molecule has 7 nitrogen and oxygen atoms in total. The number of carbonyl (C=O) groups excluding carboxylic acids is 1. The predicted octanol–water partition coefficient (Wildman–Crippen LogP) is 3.13. The highest BCUT2D eigenvalue weighted by molar-refractivity contribution is 5.98. The molecule has 0 unspecified atom stereocenters. The number of ether oxygens (including phenoxy) is 3. The van der Waals surface area contributed by atoms with Crippen molar-refractivity contribution in [2.75, 3.05) is 13.7 Å². The van der Waals surface area contributed by atoms with Gasteiger partial charge in [-0.25, -0.2) is 4.79 Å². The molecule has 2 aliphatic rings. The lowest BCUT2D eigenvalue weighted by molar-refractivity contribution is -0.146. The minimum atomic E-state index is -1.38. The van der Waals surface area contributed by atoms with Crippen LogP contribution in [-0.4, -0.2) is 48.4 Å². The van der Waals surface area contributed by atoms with Crippen molar-refractivity contribution >= 4 is 11.9 Å². The van der Waals surface area contributed by atoms with Gasteiger partial charge in [0, 0.05) is 18.4 Å². The molecular weight excluding hydrogens is 398 g/mol. The Hall–Kier alpha value is -3.06. The number of hydrogen-bond acceptors (Lipinski definition) is 5. The second-order valence-electron chi connectivity index (χ2n) is 8.21. The number of carbonyl (C=O) groups is 2. The Bertz CT molecular complexity index is 990. The second-order valence-corrected chi connectivity index (χ2v) is 8.21. The average Bonchev–Trinajstić information content (AvgIpc) is 3.35. The fourth-order valence-electron chi connectivity index (χ4n) is 4.47. The van der Waals surface area contributed by atoms with E-state index < -0.39 is 23.5 Å². The molecule has 2 aliphatic heterocycles. The van der Waals surface area contributed by atoms with Crippen LogP contribution in [0.2, 0.25) is 0 Å². The standard InChI is InChI=1S/C24H27NO6/c1-15-4-3-5-16(12-15)10-11-30-20-13-17(6-8-19(20)29-2)22(26)25-24(23(27)28)14-18-7-9-21(24)31-18/h3-6,8,12-13,18,21H,7,9-11,14H2,1-2H3,(H,25,26)(H,27,28)/t18-,21+,24-/m1/s1. The van der Waals surface area contributed by atoms with Crippen molar-refractivity contribution in [3.8, 4) is 11.5 Å². The van der Waals surface area contributed by atoms with Crippen molar-refractivity contribution in [3.63, 3.8) is 0 Å². The summed E-state index contributed by atoms with van der Waals surface area (Å²) in [6.07, 6.45) is 1.85. The smallest absolute Gasteiger partial charge is 0.332 e. The second kappa shape index (κ2) is 8.59. The highest BCUT2D eigenvalue weighted by Gasteiger charge is 2.58. The van der Waals surface area contributed by atoms with E-state index in [0.717, 1.165) is 12.0 Å². The van der Waals surface area contributed by atoms with Gasteiger partial charge in [0.25, 0.3) is 5.91 Å². The number of methoxy groups -OCH3 is 1. The zero-order valence-corrected chi connectivity index (χ0v) is 17.7. The maximum absolute atomic E-state index is 12.9. The summed E-state index contributed by atoms with van der Waals surface area (Å²) in [6.45, 7) is 2.46. The quantitative estimate of drug-likeness (QED) is 0.675. The van der Waals surface area contributed by atoms with Crippen molar-refractivity contribution in [3.05, 3.63) is 59.2 Å². The number of aryl methyl sites for hydroxylation is 1. The molecule has 0 radical (unpaired) electrons. The Morgan fingerprint density at radius 1 is 1.19 bits per heavy atom. The summed E-state index contributed by atoms with van der Waals surface area (Å²) in [7, 11) is 1.54. The van der Waals surface area contributed by atoms with E-state index in [4.69, 9.17) is 14.2 Å². The van der Waals surface area contributed by atoms with Crippen LogP contribution in [-0.2, 0) is 16.0 Å². The average molecular weight is 425 g/mol. The first-order valence-corrected chi connectivity index (χ1v) is 10.5. The van der Waals surface area contributed by atoms with Crippen molar-refractivity contribution in [1.82, 2.24) is 5.32 Å². The molecule has 2 heterocycles. The van der Waals surface area contributed by atoms with Crippen LogP contribution in [0.4, 0.5) is 0 Å². The lowest BCUT2D eigenvalue weighted by atomic mass is 9.81. The largest absolute Gasteiger partial charge is 0.493 e. The van der Waals surface area contributed by atoms with Crippen LogP contribution in [0.3, 0.4) is 0 Å². The van der Waals surface area contributed by atoms with E-state index in [1.165, 1.54) is 12.7 Å². The molecule has 4 rings (SSSR count). The molecule has 0 spiro atoms. The van der Waals surface area contributed by atoms with Crippen LogP contribution in [0.5, 0.6) is 11.5 Å². The topological polar surface area (TPSA) is 94.1 Å². The molecule has 1 amide bonds. The Labute approximate surface area is 181 Å². The van der Waals surface area contributed by atoms with E-state index in [1.54, 1.807) is 18.2 Å². The van der Waals surface area contributed by atoms with Gasteiger partial charge < -0.3 is 24.6 Å². The third-order valence-electron chi connectivity index (χ3n) is 6.08. The zero-order chi connectivity index (χ0) is 22.0. The molecule has 2 bridgehead atoms. The van der Waals surface area contributed by atoms with Gasteiger partial charge in [0.15, 0.2) is 17.0 Å². The van der Waals surface area contributed by atoms with Gasteiger partial charge in [0.1, 0.15) is 0 Å². The van der Waals surface area contributed by atoms with Gasteiger partial charge in [-0.2, -0.15) is 0 Å². The number of amides is 1. The van der Waals surface area contributed by atoms with Gasteiger partial charge in [-0.1, -0.05) is 29.8 Å². The predicted molar refractivity (Wildman–Crippen MR) is 114 cm³/mol. The van der Waals surface area contributed by atoms with Gasteiger partial charge >= 0.3 is 5.97 Å². The molecule has 164 valence electrons. The van der Waals surface area contributed by atoms with Crippen LogP contribution < -0.4 is 14.8 Å². The van der Waals surface area contributed by atoms with Crippen LogP contribution in [0.15, 0.2) is 42.5 Å². The van der Waals surface area contributed by atoms with Gasteiger partial charge in [0.2, 0.25) is 0 Å². The third-order valence-corrected chi connectivity index (χ3v) is 6.08. The van der Waals surface area contributed by atoms with Crippen LogP contribution >= 0.6 is 0 Å². The molecule has 0 saturated carbocycles. The minimum absolute atomic E-state index is 0.113. The number of aliphatic carboxylic acids is 1. The monoisotopic (exact) mass is 425 g/mol. The summed E-state index contributed by atoms with van der Waals surface area (Å²) in [5.74, 6) is -0.575. The first kappa shape index (κ1) is 21.2. The maximum Gasteiger partial charge on any atom is 0.332 e. The Balaban J connectivity index is 1.47. The summed E-state index contributed by atoms with van der Waals surface area (Å²) in [5, 5.41) is 12.6. The zero-order valence-electron chi connectivity index (χ0n) is 17.7. The molecular formula is C24H27NO6. The molecule has 0 aliphatic carbocycles.